The molecule has 0 aromatic heterocycles. The summed E-state index contributed by atoms with van der Waals surface area (Å²) in [5, 5.41) is 0.705. The van der Waals surface area contributed by atoms with Crippen LogP contribution < -0.4 is 10.5 Å². The number of amidine groups is 1. The molecule has 1 amide bonds. The standard InChI is InChI=1S/C15H21FN2O3S.C9H10N2O/c1-17-14(15(22-4)18-9-21-10-19-2)12-5-11(8-16)6-13(7-12)20-3;1-7(12)11-9(10)8-5-3-2-4-6-8/h5-7H,8-10H2,1-4H3;2-6H,1H3,(H2,10,11,12)/b17-14?,18-15-;. The van der Waals surface area contributed by atoms with E-state index >= 15 is 0 Å². The number of thioether (sulfide) groups is 1. The molecule has 0 aliphatic carbocycles. The van der Waals surface area contributed by atoms with Crippen LogP contribution >= 0.6 is 11.8 Å². The van der Waals surface area contributed by atoms with Crippen molar-refractivity contribution < 1.29 is 23.4 Å². The van der Waals surface area contributed by atoms with E-state index in [4.69, 9.17) is 19.9 Å². The van der Waals surface area contributed by atoms with E-state index in [0.717, 1.165) is 11.1 Å². The first-order valence-electron chi connectivity index (χ1n) is 10.2. The van der Waals surface area contributed by atoms with Gasteiger partial charge in [0.05, 0.1) is 12.8 Å². The molecule has 0 aliphatic rings. The maximum atomic E-state index is 13.0. The molecule has 0 saturated carbocycles. The molecule has 2 aromatic rings. The Morgan fingerprint density at radius 2 is 1.82 bits per heavy atom. The van der Waals surface area contributed by atoms with Crippen molar-refractivity contribution in [3.63, 3.8) is 0 Å². The molecule has 0 radical (unpaired) electrons. The number of hydrogen-bond donors (Lipinski definition) is 1. The van der Waals surface area contributed by atoms with Gasteiger partial charge in [-0.2, -0.15) is 4.99 Å². The maximum Gasteiger partial charge on any atom is 0.244 e. The minimum atomic E-state index is -0.566. The Kier molecular flexibility index (Phi) is 14.1. The lowest BCUT2D eigenvalue weighted by molar-refractivity contribution is -0.115. The largest absolute Gasteiger partial charge is 0.497 e. The Morgan fingerprint density at radius 3 is 2.35 bits per heavy atom. The molecule has 0 unspecified atom stereocenters. The third kappa shape index (κ3) is 10.2. The van der Waals surface area contributed by atoms with Crippen molar-refractivity contribution in [1.82, 2.24) is 0 Å². The number of hydrogen-bond acceptors (Lipinski definition) is 7. The number of carbonyl (C=O) groups is 1. The van der Waals surface area contributed by atoms with Gasteiger partial charge in [-0.25, -0.2) is 9.38 Å². The van der Waals surface area contributed by atoms with Crippen molar-refractivity contribution in [1.29, 1.82) is 0 Å². The van der Waals surface area contributed by atoms with Gasteiger partial charge < -0.3 is 19.9 Å². The zero-order chi connectivity index (χ0) is 25.3. The van der Waals surface area contributed by atoms with E-state index in [9.17, 15) is 9.18 Å². The van der Waals surface area contributed by atoms with Crippen molar-refractivity contribution in [2.45, 2.75) is 13.6 Å². The first-order chi connectivity index (χ1) is 16.4. The number of halogens is 1. The van der Waals surface area contributed by atoms with Crippen molar-refractivity contribution >= 4 is 34.3 Å². The third-order valence-corrected chi connectivity index (χ3v) is 4.81. The summed E-state index contributed by atoms with van der Waals surface area (Å²) in [5.41, 5.74) is 8.26. The molecule has 2 N–H and O–H groups in total. The van der Waals surface area contributed by atoms with Gasteiger partial charge in [0.1, 0.15) is 36.8 Å². The van der Waals surface area contributed by atoms with Gasteiger partial charge in [-0.05, 0) is 30.0 Å². The number of nitrogens with zero attached hydrogens (tertiary/aromatic N) is 3. The summed E-state index contributed by atoms with van der Waals surface area (Å²) in [6.07, 6.45) is 1.90. The lowest BCUT2D eigenvalue weighted by Crippen LogP contribution is -2.14. The summed E-state index contributed by atoms with van der Waals surface area (Å²) in [5.74, 6) is 0.571. The molecule has 184 valence electrons. The van der Waals surface area contributed by atoms with Crippen LogP contribution in [0.5, 0.6) is 5.75 Å². The number of nitrogens with two attached hydrogens (primary N) is 1. The lowest BCUT2D eigenvalue weighted by Gasteiger charge is -2.11. The number of carbonyl (C=O) groups excluding carboxylic acids is 1. The van der Waals surface area contributed by atoms with Gasteiger partial charge in [-0.15, -0.1) is 11.8 Å². The van der Waals surface area contributed by atoms with Crippen LogP contribution in [0.1, 0.15) is 23.6 Å². The Labute approximate surface area is 204 Å². The molecular weight excluding hydrogens is 459 g/mol. The fourth-order valence-electron chi connectivity index (χ4n) is 2.64. The van der Waals surface area contributed by atoms with Gasteiger partial charge in [0, 0.05) is 32.2 Å². The van der Waals surface area contributed by atoms with Gasteiger partial charge in [0.2, 0.25) is 5.91 Å². The summed E-state index contributed by atoms with van der Waals surface area (Å²) in [6.45, 7) is 1.15. The van der Waals surface area contributed by atoms with Crippen LogP contribution in [0.3, 0.4) is 0 Å². The van der Waals surface area contributed by atoms with E-state index in [1.807, 2.05) is 42.7 Å². The minimum absolute atomic E-state index is 0.170. The monoisotopic (exact) mass is 490 g/mol. The van der Waals surface area contributed by atoms with Crippen molar-refractivity contribution in [2.75, 3.05) is 41.0 Å². The Hall–Kier alpha value is -3.08. The molecule has 8 nitrogen and oxygen atoms in total. The number of amides is 1. The quantitative estimate of drug-likeness (QED) is 0.248. The Morgan fingerprint density at radius 1 is 1.12 bits per heavy atom. The van der Waals surface area contributed by atoms with Gasteiger partial charge in [0.25, 0.3) is 0 Å². The maximum absolute atomic E-state index is 13.0. The normalized spacial score (nSPS) is 12.1. The predicted octanol–water partition coefficient (Wildman–Crippen LogP) is 3.86. The second-order valence-electron chi connectivity index (χ2n) is 6.56. The van der Waals surface area contributed by atoms with Crippen LogP contribution in [-0.2, 0) is 20.9 Å². The lowest BCUT2D eigenvalue weighted by atomic mass is 10.1. The van der Waals surface area contributed by atoms with E-state index < -0.39 is 6.67 Å². The second kappa shape index (κ2) is 16.5. The highest BCUT2D eigenvalue weighted by molar-refractivity contribution is 8.15. The van der Waals surface area contributed by atoms with E-state index in [-0.39, 0.29) is 25.3 Å². The summed E-state index contributed by atoms with van der Waals surface area (Å²) >= 11 is 1.45. The minimum Gasteiger partial charge on any atom is -0.497 e. The summed E-state index contributed by atoms with van der Waals surface area (Å²) in [7, 11) is 4.77. The van der Waals surface area contributed by atoms with Crippen molar-refractivity contribution in [3.8, 4) is 5.75 Å². The number of aliphatic imine (C=N–C) groups is 3. The van der Waals surface area contributed by atoms with E-state index in [0.29, 0.717) is 22.1 Å². The van der Waals surface area contributed by atoms with Crippen LogP contribution in [0, 0.1) is 0 Å². The highest BCUT2D eigenvalue weighted by Gasteiger charge is 2.13. The van der Waals surface area contributed by atoms with Crippen LogP contribution in [0.4, 0.5) is 4.39 Å². The number of rotatable bonds is 9. The Bertz CT molecular complexity index is 975. The van der Waals surface area contributed by atoms with Crippen LogP contribution in [-0.4, -0.2) is 63.5 Å². The van der Waals surface area contributed by atoms with Crippen molar-refractivity contribution in [2.24, 2.45) is 20.7 Å². The fraction of sp³-hybridized carbons (Fsp3) is 0.333. The molecular formula is C24H31FN4O4S. The van der Waals surface area contributed by atoms with Gasteiger partial charge >= 0.3 is 0 Å². The van der Waals surface area contributed by atoms with Crippen LogP contribution in [0.15, 0.2) is 63.5 Å². The highest BCUT2D eigenvalue weighted by atomic mass is 32.2. The van der Waals surface area contributed by atoms with Crippen molar-refractivity contribution in [3.05, 3.63) is 65.2 Å². The summed E-state index contributed by atoms with van der Waals surface area (Å²) < 4.78 is 28.2. The number of ether oxygens (including phenoxy) is 3. The molecule has 0 spiro atoms. The number of methoxy groups -OCH3 is 2. The van der Waals surface area contributed by atoms with E-state index in [2.05, 4.69) is 15.0 Å². The average molecular weight is 491 g/mol. The van der Waals surface area contributed by atoms with Gasteiger partial charge in [-0.3, -0.25) is 9.79 Å². The summed E-state index contributed by atoms with van der Waals surface area (Å²) in [6, 6.07) is 14.4. The zero-order valence-electron chi connectivity index (χ0n) is 20.1. The molecule has 0 bridgehead atoms. The molecule has 2 aromatic carbocycles. The van der Waals surface area contributed by atoms with E-state index in [1.54, 1.807) is 33.4 Å². The predicted molar refractivity (Wildman–Crippen MR) is 137 cm³/mol. The first-order valence-corrected chi connectivity index (χ1v) is 11.4. The Balaban J connectivity index is 0.000000404. The molecule has 34 heavy (non-hydrogen) atoms. The smallest absolute Gasteiger partial charge is 0.244 e. The molecule has 0 atom stereocenters. The molecule has 0 fully saturated rings. The molecule has 0 aliphatic heterocycles. The topological polar surface area (TPSA) is 108 Å². The van der Waals surface area contributed by atoms with Crippen LogP contribution in [0.25, 0.3) is 0 Å². The molecule has 0 saturated heterocycles. The average Bonchev–Trinajstić information content (AvgIpc) is 2.86. The zero-order valence-corrected chi connectivity index (χ0v) is 20.9. The van der Waals surface area contributed by atoms with E-state index in [1.165, 1.54) is 18.7 Å². The fourth-order valence-corrected chi connectivity index (χ4v) is 3.23. The molecule has 10 heteroatoms. The SMILES string of the molecule is CC(=O)N=C(N)c1ccccc1.CN=C(/C(=N/COCOC)SC)c1cc(CF)cc(OC)c1. The summed E-state index contributed by atoms with van der Waals surface area (Å²) in [4.78, 5) is 22.8. The highest BCUT2D eigenvalue weighted by Crippen LogP contribution is 2.20. The van der Waals surface area contributed by atoms with Crippen LogP contribution in [0.2, 0.25) is 0 Å². The molecule has 2 rings (SSSR count). The number of alkyl halides is 1. The van der Waals surface area contributed by atoms with Gasteiger partial charge in [0.15, 0.2) is 0 Å². The third-order valence-electron chi connectivity index (χ3n) is 4.10. The first kappa shape index (κ1) is 29.0. The van der Waals surface area contributed by atoms with Gasteiger partial charge in [-0.1, -0.05) is 30.3 Å². The molecule has 0 heterocycles. The number of benzene rings is 2. The second-order valence-corrected chi connectivity index (χ2v) is 7.36.